The van der Waals surface area contributed by atoms with Crippen LogP contribution in [-0.2, 0) is 0 Å². The van der Waals surface area contributed by atoms with Crippen LogP contribution in [0.4, 0.5) is 0 Å². The average Bonchev–Trinajstić information content (AvgIpc) is 2.12. The number of nitrogens with zero attached hydrogens (tertiary/aromatic N) is 2. The van der Waals surface area contributed by atoms with E-state index in [-0.39, 0.29) is 0 Å². The summed E-state index contributed by atoms with van der Waals surface area (Å²) in [6.07, 6.45) is 2.56. The Morgan fingerprint density at radius 2 is 2.10 bits per heavy atom. The predicted molar refractivity (Wildman–Crippen MR) is 38.0 cm³/mol. The minimum absolute atomic E-state index is 0.356. The maximum atomic E-state index is 9.00. The summed E-state index contributed by atoms with van der Waals surface area (Å²) in [7, 11) is 2.15. The molecule has 2 aliphatic heterocycles. The van der Waals surface area contributed by atoms with Gasteiger partial charge in [-0.2, -0.15) is 5.06 Å². The Kier molecular flexibility index (Phi) is 1.27. The molecule has 10 heavy (non-hydrogen) atoms. The largest absolute Gasteiger partial charge is 0.314 e. The van der Waals surface area contributed by atoms with Crippen LogP contribution in [0, 0.1) is 0 Å². The van der Waals surface area contributed by atoms with Gasteiger partial charge in [0.15, 0.2) is 0 Å². The van der Waals surface area contributed by atoms with Gasteiger partial charge in [0.25, 0.3) is 0 Å². The Morgan fingerprint density at radius 3 is 2.50 bits per heavy atom. The first-order valence-electron chi connectivity index (χ1n) is 3.88. The van der Waals surface area contributed by atoms with E-state index in [4.69, 9.17) is 5.21 Å². The molecule has 3 heteroatoms. The van der Waals surface area contributed by atoms with Crippen LogP contribution in [0.5, 0.6) is 0 Å². The highest BCUT2D eigenvalue weighted by Crippen LogP contribution is 2.34. The summed E-state index contributed by atoms with van der Waals surface area (Å²) in [4.78, 5) is 2.37. The molecule has 0 radical (unpaired) electrons. The monoisotopic (exact) mass is 142 g/mol. The van der Waals surface area contributed by atoms with Gasteiger partial charge in [-0.1, -0.05) is 0 Å². The molecule has 0 aromatic heterocycles. The normalized spacial score (nSPS) is 33.0. The van der Waals surface area contributed by atoms with Crippen molar-refractivity contribution in [2.75, 3.05) is 26.7 Å². The van der Waals surface area contributed by atoms with Gasteiger partial charge < -0.3 is 5.21 Å². The van der Waals surface area contributed by atoms with Crippen LogP contribution < -0.4 is 0 Å². The zero-order valence-corrected chi connectivity index (χ0v) is 6.38. The van der Waals surface area contributed by atoms with Gasteiger partial charge >= 0.3 is 0 Å². The molecule has 2 rings (SSSR count). The van der Waals surface area contributed by atoms with Gasteiger partial charge in [-0.25, -0.2) is 0 Å². The quantitative estimate of drug-likeness (QED) is 0.522. The SMILES string of the molecule is CN1CCCC12CN(O)C2. The van der Waals surface area contributed by atoms with E-state index in [1.54, 1.807) is 0 Å². The molecule has 0 bridgehead atoms. The van der Waals surface area contributed by atoms with E-state index in [1.807, 2.05) is 0 Å². The van der Waals surface area contributed by atoms with Crippen LogP contribution in [-0.4, -0.2) is 47.4 Å². The van der Waals surface area contributed by atoms with E-state index in [1.165, 1.54) is 24.4 Å². The molecule has 0 atom stereocenters. The molecule has 1 N–H and O–H groups in total. The van der Waals surface area contributed by atoms with Crippen molar-refractivity contribution in [3.05, 3.63) is 0 Å². The first-order chi connectivity index (χ1) is 4.73. The molecule has 0 unspecified atom stereocenters. The van der Waals surface area contributed by atoms with Crippen LogP contribution in [0.1, 0.15) is 12.8 Å². The van der Waals surface area contributed by atoms with Gasteiger partial charge in [0.2, 0.25) is 0 Å². The van der Waals surface area contributed by atoms with Crippen molar-refractivity contribution in [3.8, 4) is 0 Å². The first-order valence-corrected chi connectivity index (χ1v) is 3.88. The zero-order chi connectivity index (χ0) is 7.19. The number of hydrogen-bond donors (Lipinski definition) is 1. The lowest BCUT2D eigenvalue weighted by Gasteiger charge is -2.48. The molecule has 0 aromatic rings. The average molecular weight is 142 g/mol. The van der Waals surface area contributed by atoms with Crippen molar-refractivity contribution >= 4 is 0 Å². The lowest BCUT2D eigenvalue weighted by molar-refractivity contribution is -0.204. The fourth-order valence-electron chi connectivity index (χ4n) is 2.11. The minimum Gasteiger partial charge on any atom is -0.314 e. The summed E-state index contributed by atoms with van der Waals surface area (Å²) in [6.45, 7) is 2.90. The predicted octanol–water partition coefficient (Wildman–Crippen LogP) is 0.156. The Morgan fingerprint density at radius 1 is 1.40 bits per heavy atom. The lowest BCUT2D eigenvalue weighted by atomic mass is 9.89. The summed E-state index contributed by atoms with van der Waals surface area (Å²) in [5, 5.41) is 10.4. The second-order valence-electron chi connectivity index (χ2n) is 3.57. The standard InChI is InChI=1S/C7H14N2O/c1-8-4-2-3-7(8)5-9(10)6-7/h10H,2-6H2,1H3. The summed E-state index contributed by atoms with van der Waals surface area (Å²) >= 11 is 0. The fourth-order valence-corrected chi connectivity index (χ4v) is 2.11. The van der Waals surface area contributed by atoms with Crippen molar-refractivity contribution < 1.29 is 5.21 Å². The van der Waals surface area contributed by atoms with Gasteiger partial charge in [-0.15, -0.1) is 0 Å². The summed E-state index contributed by atoms with van der Waals surface area (Å²) in [6, 6.07) is 0. The molecular formula is C7H14N2O. The molecule has 0 aliphatic carbocycles. The van der Waals surface area contributed by atoms with E-state index in [0.29, 0.717) is 5.54 Å². The molecule has 2 heterocycles. The third kappa shape index (κ3) is 0.713. The van der Waals surface area contributed by atoms with E-state index in [9.17, 15) is 0 Å². The van der Waals surface area contributed by atoms with E-state index in [0.717, 1.165) is 13.1 Å². The van der Waals surface area contributed by atoms with Gasteiger partial charge in [-0.05, 0) is 26.4 Å². The van der Waals surface area contributed by atoms with Crippen LogP contribution in [0.25, 0.3) is 0 Å². The Labute approximate surface area is 61.2 Å². The highest BCUT2D eigenvalue weighted by Gasteiger charge is 2.48. The van der Waals surface area contributed by atoms with Gasteiger partial charge in [-0.3, -0.25) is 4.90 Å². The van der Waals surface area contributed by atoms with Gasteiger partial charge in [0.05, 0.1) is 5.54 Å². The Bertz CT molecular complexity index is 143. The Balaban J connectivity index is 2.03. The molecule has 0 saturated carbocycles. The molecule has 0 amide bonds. The summed E-state index contributed by atoms with van der Waals surface area (Å²) in [5.41, 5.74) is 0.356. The third-order valence-corrected chi connectivity index (χ3v) is 2.90. The fraction of sp³-hybridized carbons (Fsp3) is 1.00. The van der Waals surface area contributed by atoms with E-state index < -0.39 is 0 Å². The second kappa shape index (κ2) is 1.94. The zero-order valence-electron chi connectivity index (χ0n) is 6.38. The minimum atomic E-state index is 0.356. The molecule has 2 fully saturated rings. The van der Waals surface area contributed by atoms with Crippen LogP contribution in [0.3, 0.4) is 0 Å². The maximum absolute atomic E-state index is 9.00. The number of rotatable bonds is 0. The number of likely N-dealkylation sites (N-methyl/N-ethyl adjacent to an activating group) is 1. The molecular weight excluding hydrogens is 128 g/mol. The molecule has 0 aromatic carbocycles. The maximum Gasteiger partial charge on any atom is 0.0507 e. The van der Waals surface area contributed by atoms with E-state index >= 15 is 0 Å². The third-order valence-electron chi connectivity index (χ3n) is 2.90. The lowest BCUT2D eigenvalue weighted by Crippen LogP contribution is -2.65. The van der Waals surface area contributed by atoms with Gasteiger partial charge in [0.1, 0.15) is 0 Å². The van der Waals surface area contributed by atoms with E-state index in [2.05, 4.69) is 11.9 Å². The first kappa shape index (κ1) is 6.58. The van der Waals surface area contributed by atoms with Crippen LogP contribution >= 0.6 is 0 Å². The summed E-state index contributed by atoms with van der Waals surface area (Å²) < 4.78 is 0. The van der Waals surface area contributed by atoms with Crippen molar-refractivity contribution in [2.45, 2.75) is 18.4 Å². The highest BCUT2D eigenvalue weighted by molar-refractivity contribution is 5.03. The van der Waals surface area contributed by atoms with Crippen LogP contribution in [0.15, 0.2) is 0 Å². The molecule has 1 spiro atoms. The molecule has 2 aliphatic rings. The Hall–Kier alpha value is -0.120. The number of likely N-dealkylation sites (tertiary alicyclic amines) is 1. The van der Waals surface area contributed by atoms with Crippen molar-refractivity contribution in [3.63, 3.8) is 0 Å². The molecule has 2 saturated heterocycles. The molecule has 58 valence electrons. The van der Waals surface area contributed by atoms with Gasteiger partial charge in [0, 0.05) is 13.1 Å². The number of hydroxylamine groups is 2. The smallest absolute Gasteiger partial charge is 0.0507 e. The van der Waals surface area contributed by atoms with Crippen LogP contribution in [0.2, 0.25) is 0 Å². The number of hydrogen-bond acceptors (Lipinski definition) is 3. The summed E-state index contributed by atoms with van der Waals surface area (Å²) in [5.74, 6) is 0. The molecule has 3 nitrogen and oxygen atoms in total. The van der Waals surface area contributed by atoms with Crippen molar-refractivity contribution in [2.24, 2.45) is 0 Å². The second-order valence-corrected chi connectivity index (χ2v) is 3.57. The topological polar surface area (TPSA) is 26.7 Å². The van der Waals surface area contributed by atoms with Crippen molar-refractivity contribution in [1.82, 2.24) is 9.96 Å². The highest BCUT2D eigenvalue weighted by atomic mass is 16.5. The van der Waals surface area contributed by atoms with Crippen molar-refractivity contribution in [1.29, 1.82) is 0 Å².